The van der Waals surface area contributed by atoms with Gasteiger partial charge in [0.1, 0.15) is 0 Å². The van der Waals surface area contributed by atoms with Gasteiger partial charge in [0.15, 0.2) is 0 Å². The van der Waals surface area contributed by atoms with Gasteiger partial charge in [0.2, 0.25) is 0 Å². The summed E-state index contributed by atoms with van der Waals surface area (Å²) < 4.78 is 0. The number of nitrogens with zero attached hydrogens (tertiary/aromatic N) is 2. The third-order valence-corrected chi connectivity index (χ3v) is 4.45. The second-order valence-corrected chi connectivity index (χ2v) is 6.03. The molecular formula is C14H21N3. The number of hydrogen-bond donors (Lipinski definition) is 1. The number of anilines is 1. The van der Waals surface area contributed by atoms with Crippen LogP contribution in [0.15, 0.2) is 24.5 Å². The molecule has 2 fully saturated rings. The van der Waals surface area contributed by atoms with Crippen molar-refractivity contribution in [1.82, 2.24) is 10.3 Å². The second kappa shape index (κ2) is 3.98. The Morgan fingerprint density at radius 1 is 1.47 bits per heavy atom. The van der Waals surface area contributed by atoms with E-state index in [1.165, 1.54) is 12.1 Å². The van der Waals surface area contributed by atoms with Crippen LogP contribution in [-0.4, -0.2) is 30.7 Å². The van der Waals surface area contributed by atoms with Crippen LogP contribution in [0.4, 0.5) is 5.69 Å². The minimum atomic E-state index is 0.422. The number of pyridine rings is 1. The Bertz CT molecular complexity index is 388. The van der Waals surface area contributed by atoms with Crippen molar-refractivity contribution in [2.45, 2.75) is 26.3 Å². The number of aromatic nitrogens is 1. The van der Waals surface area contributed by atoms with Gasteiger partial charge >= 0.3 is 0 Å². The number of rotatable bonds is 1. The molecule has 2 aliphatic rings. The van der Waals surface area contributed by atoms with Crippen LogP contribution in [0.3, 0.4) is 0 Å². The lowest BCUT2D eigenvalue weighted by molar-refractivity contribution is 0.237. The molecule has 1 aromatic rings. The lowest BCUT2D eigenvalue weighted by Crippen LogP contribution is -2.47. The van der Waals surface area contributed by atoms with Gasteiger partial charge in [0.05, 0.1) is 11.9 Å². The van der Waals surface area contributed by atoms with Crippen molar-refractivity contribution >= 4 is 5.69 Å². The Morgan fingerprint density at radius 2 is 2.35 bits per heavy atom. The summed E-state index contributed by atoms with van der Waals surface area (Å²) in [5.41, 5.74) is 1.69. The summed E-state index contributed by atoms with van der Waals surface area (Å²) in [4.78, 5) is 6.71. The molecule has 0 radical (unpaired) electrons. The summed E-state index contributed by atoms with van der Waals surface area (Å²) in [5.74, 6) is 0.761. The molecule has 2 atom stereocenters. The topological polar surface area (TPSA) is 28.2 Å². The molecule has 0 saturated carbocycles. The van der Waals surface area contributed by atoms with Crippen LogP contribution < -0.4 is 10.2 Å². The molecule has 1 aromatic heterocycles. The van der Waals surface area contributed by atoms with Gasteiger partial charge in [0, 0.05) is 31.9 Å². The Morgan fingerprint density at radius 3 is 3.12 bits per heavy atom. The maximum absolute atomic E-state index is 4.22. The molecule has 1 N–H and O–H groups in total. The maximum atomic E-state index is 4.22. The van der Waals surface area contributed by atoms with Crippen molar-refractivity contribution < 1.29 is 0 Å². The Kier molecular flexibility index (Phi) is 2.58. The first-order valence-electron chi connectivity index (χ1n) is 6.55. The minimum absolute atomic E-state index is 0.422. The number of piperidine rings is 1. The summed E-state index contributed by atoms with van der Waals surface area (Å²) in [7, 11) is 0. The average molecular weight is 231 g/mol. The molecule has 92 valence electrons. The van der Waals surface area contributed by atoms with E-state index in [1.54, 1.807) is 0 Å². The van der Waals surface area contributed by atoms with Gasteiger partial charge in [-0.2, -0.15) is 0 Å². The van der Waals surface area contributed by atoms with Gasteiger partial charge in [0.25, 0.3) is 0 Å². The van der Waals surface area contributed by atoms with Crippen LogP contribution in [0.2, 0.25) is 0 Å². The van der Waals surface area contributed by atoms with Gasteiger partial charge in [-0.1, -0.05) is 13.8 Å². The first kappa shape index (κ1) is 11.0. The van der Waals surface area contributed by atoms with Crippen LogP contribution in [-0.2, 0) is 0 Å². The van der Waals surface area contributed by atoms with Crippen LogP contribution >= 0.6 is 0 Å². The van der Waals surface area contributed by atoms with E-state index in [9.17, 15) is 0 Å². The molecular weight excluding hydrogens is 210 g/mol. The Balaban J connectivity index is 1.79. The molecule has 0 aromatic carbocycles. The average Bonchev–Trinajstić information content (AvgIpc) is 2.66. The lowest BCUT2D eigenvalue weighted by atomic mass is 9.76. The molecule has 2 saturated heterocycles. The molecule has 3 rings (SSSR count). The molecule has 0 spiro atoms. The highest BCUT2D eigenvalue weighted by Crippen LogP contribution is 2.39. The van der Waals surface area contributed by atoms with Gasteiger partial charge < -0.3 is 10.2 Å². The zero-order valence-corrected chi connectivity index (χ0v) is 10.7. The third kappa shape index (κ3) is 1.93. The Labute approximate surface area is 103 Å². The van der Waals surface area contributed by atoms with Gasteiger partial charge in [-0.3, -0.25) is 4.98 Å². The summed E-state index contributed by atoms with van der Waals surface area (Å²) in [6, 6.07) is 4.92. The van der Waals surface area contributed by atoms with Gasteiger partial charge in [-0.15, -0.1) is 0 Å². The number of nitrogens with one attached hydrogen (secondary N) is 1. The van der Waals surface area contributed by atoms with Crippen molar-refractivity contribution in [3.05, 3.63) is 24.5 Å². The van der Waals surface area contributed by atoms with E-state index in [-0.39, 0.29) is 0 Å². The number of hydrogen-bond acceptors (Lipinski definition) is 3. The van der Waals surface area contributed by atoms with Crippen LogP contribution in [0.25, 0.3) is 0 Å². The van der Waals surface area contributed by atoms with Crippen molar-refractivity contribution in [2.24, 2.45) is 11.3 Å². The fraction of sp³-hybridized carbons (Fsp3) is 0.643. The molecule has 2 unspecified atom stereocenters. The highest BCUT2D eigenvalue weighted by molar-refractivity contribution is 5.44. The van der Waals surface area contributed by atoms with Crippen LogP contribution in [0.1, 0.15) is 20.3 Å². The summed E-state index contributed by atoms with van der Waals surface area (Å²) in [6.45, 7) is 8.24. The van der Waals surface area contributed by atoms with E-state index in [1.807, 2.05) is 18.5 Å². The molecule has 3 heteroatoms. The molecule has 0 amide bonds. The van der Waals surface area contributed by atoms with Crippen molar-refractivity contribution in [3.8, 4) is 0 Å². The molecule has 17 heavy (non-hydrogen) atoms. The first-order valence-corrected chi connectivity index (χ1v) is 6.55. The highest BCUT2D eigenvalue weighted by atomic mass is 15.2. The summed E-state index contributed by atoms with van der Waals surface area (Å²) in [5, 5.41) is 3.68. The smallest absolute Gasteiger partial charge is 0.0552 e. The molecule has 2 aliphatic heterocycles. The van der Waals surface area contributed by atoms with Crippen molar-refractivity contribution in [1.29, 1.82) is 0 Å². The first-order chi connectivity index (χ1) is 8.17. The maximum Gasteiger partial charge on any atom is 0.0552 e. The summed E-state index contributed by atoms with van der Waals surface area (Å²) >= 11 is 0. The monoisotopic (exact) mass is 231 g/mol. The zero-order chi connectivity index (χ0) is 11.9. The normalized spacial score (nSPS) is 31.3. The van der Waals surface area contributed by atoms with E-state index < -0.39 is 0 Å². The number of fused-ring (bicyclic) bond motifs is 1. The molecule has 0 bridgehead atoms. The van der Waals surface area contributed by atoms with Crippen molar-refractivity contribution in [3.63, 3.8) is 0 Å². The second-order valence-electron chi connectivity index (χ2n) is 6.03. The predicted molar refractivity (Wildman–Crippen MR) is 70.1 cm³/mol. The van der Waals surface area contributed by atoms with E-state index in [4.69, 9.17) is 0 Å². The zero-order valence-electron chi connectivity index (χ0n) is 10.7. The van der Waals surface area contributed by atoms with Gasteiger partial charge in [-0.25, -0.2) is 0 Å². The SMILES string of the molecule is CC1(C)CNC2CCN(c3cccnc3)CC21. The molecule has 3 nitrogen and oxygen atoms in total. The van der Waals surface area contributed by atoms with E-state index in [0.717, 1.165) is 31.6 Å². The van der Waals surface area contributed by atoms with Gasteiger partial charge in [-0.05, 0) is 29.9 Å². The fourth-order valence-corrected chi connectivity index (χ4v) is 3.29. The Hall–Kier alpha value is -1.09. The molecule has 0 aliphatic carbocycles. The van der Waals surface area contributed by atoms with E-state index >= 15 is 0 Å². The molecule has 3 heterocycles. The lowest BCUT2D eigenvalue weighted by Gasteiger charge is -2.40. The third-order valence-electron chi connectivity index (χ3n) is 4.45. The van der Waals surface area contributed by atoms with E-state index in [2.05, 4.69) is 35.1 Å². The quantitative estimate of drug-likeness (QED) is 0.800. The van der Waals surface area contributed by atoms with Crippen LogP contribution in [0, 0.1) is 11.3 Å². The highest BCUT2D eigenvalue weighted by Gasteiger charge is 2.44. The minimum Gasteiger partial charge on any atom is -0.370 e. The fourth-order valence-electron chi connectivity index (χ4n) is 3.29. The van der Waals surface area contributed by atoms with E-state index in [0.29, 0.717) is 5.41 Å². The largest absolute Gasteiger partial charge is 0.370 e. The summed E-state index contributed by atoms with van der Waals surface area (Å²) in [6.07, 6.45) is 5.08. The predicted octanol–water partition coefficient (Wildman–Crippen LogP) is 1.91. The standard InChI is InChI=1S/C14H21N3/c1-14(2)10-16-13-5-7-17(9-12(13)14)11-4-3-6-15-8-11/h3-4,6,8,12-13,16H,5,7,9-10H2,1-2H3. The van der Waals surface area contributed by atoms with Crippen LogP contribution in [0.5, 0.6) is 0 Å². The van der Waals surface area contributed by atoms with Crippen molar-refractivity contribution in [2.75, 3.05) is 24.5 Å².